The average Bonchev–Trinajstić information content (AvgIpc) is 2.30. The summed E-state index contributed by atoms with van der Waals surface area (Å²) < 4.78 is 0. The largest absolute Gasteiger partial charge is 1.00 e. The lowest BCUT2D eigenvalue weighted by atomic mass is 10.4. The van der Waals surface area contributed by atoms with E-state index in [-0.39, 0.29) is 18.3 Å². The molecule has 0 fully saturated rings. The smallest absolute Gasteiger partial charge is 0.243 e. The molecule has 0 saturated carbocycles. The van der Waals surface area contributed by atoms with E-state index in [9.17, 15) is 4.79 Å². The lowest BCUT2D eigenvalue weighted by molar-refractivity contribution is -1.04. The summed E-state index contributed by atoms with van der Waals surface area (Å²) in [6.07, 6.45) is 2.12. The number of carbonyl (C=O) groups is 1. The van der Waals surface area contributed by atoms with Crippen molar-refractivity contribution in [2.45, 2.75) is 6.42 Å². The fourth-order valence-corrected chi connectivity index (χ4v) is 1.27. The van der Waals surface area contributed by atoms with Crippen LogP contribution in [0.5, 0.6) is 0 Å². The minimum atomic E-state index is -0.133. The van der Waals surface area contributed by atoms with Gasteiger partial charge in [-0.2, -0.15) is 0 Å². The van der Waals surface area contributed by atoms with E-state index >= 15 is 0 Å². The second kappa shape index (κ2) is 9.56. The molecule has 6 nitrogen and oxygen atoms in total. The topological polar surface area (TPSA) is 65.2 Å². The van der Waals surface area contributed by atoms with Gasteiger partial charge in [0.05, 0.1) is 0 Å². The van der Waals surface area contributed by atoms with Crippen LogP contribution in [0.1, 0.15) is 6.42 Å². The van der Waals surface area contributed by atoms with Crippen molar-refractivity contribution in [2.75, 3.05) is 34.2 Å². The highest BCUT2D eigenvalue weighted by molar-refractivity contribution is 5.86. The van der Waals surface area contributed by atoms with Crippen molar-refractivity contribution < 1.29 is 22.0 Å². The number of nitrogens with one attached hydrogen (secondary N) is 4. The van der Waals surface area contributed by atoms with Crippen molar-refractivity contribution in [1.29, 1.82) is 0 Å². The third-order valence-corrected chi connectivity index (χ3v) is 2.30. The molecule has 0 aromatic carbocycles. The van der Waals surface area contributed by atoms with Gasteiger partial charge in [0, 0.05) is 34.1 Å². The first kappa shape index (κ1) is 17.7. The maximum absolute atomic E-state index is 10.9. The summed E-state index contributed by atoms with van der Waals surface area (Å²) in [6.45, 7) is 4.82. The lowest BCUT2D eigenvalue weighted by Crippen LogP contribution is -3.00. The Balaban J connectivity index is 0. The molecular formula is C9H22ClN5O. The standard InChI is InChI=1S/C9H21N5O.ClH/c1-5-9(15)13-7-6-8-14(10-2,11-3)12-4;/h5,10-12H,1,6-8H2,2-4H3;1H. The minimum Gasteiger partial charge on any atom is -1.00 e. The van der Waals surface area contributed by atoms with Gasteiger partial charge in [0.1, 0.15) is 6.54 Å². The van der Waals surface area contributed by atoms with E-state index in [2.05, 4.69) is 28.2 Å². The second-order valence-electron chi connectivity index (χ2n) is 3.05. The van der Waals surface area contributed by atoms with E-state index in [4.69, 9.17) is 0 Å². The monoisotopic (exact) mass is 251 g/mol. The molecule has 0 aromatic rings. The van der Waals surface area contributed by atoms with Crippen LogP contribution in [0.25, 0.3) is 0 Å². The van der Waals surface area contributed by atoms with E-state index < -0.39 is 0 Å². The molecule has 0 rings (SSSR count). The van der Waals surface area contributed by atoms with Crippen LogP contribution in [0.3, 0.4) is 0 Å². The maximum atomic E-state index is 10.9. The highest BCUT2D eigenvalue weighted by atomic mass is 35.5. The Kier molecular flexibility index (Phi) is 10.6. The van der Waals surface area contributed by atoms with E-state index in [0.29, 0.717) is 11.4 Å². The van der Waals surface area contributed by atoms with Crippen LogP contribution in [0.15, 0.2) is 12.7 Å². The van der Waals surface area contributed by atoms with Crippen LogP contribution in [-0.2, 0) is 4.79 Å². The van der Waals surface area contributed by atoms with Crippen molar-refractivity contribution >= 4 is 5.91 Å². The molecule has 4 N–H and O–H groups in total. The van der Waals surface area contributed by atoms with Gasteiger partial charge in [0.25, 0.3) is 0 Å². The maximum Gasteiger partial charge on any atom is 0.243 e. The van der Waals surface area contributed by atoms with Gasteiger partial charge in [-0.25, -0.2) is 0 Å². The van der Waals surface area contributed by atoms with E-state index in [1.807, 2.05) is 21.1 Å². The summed E-state index contributed by atoms with van der Waals surface area (Å²) >= 11 is 0. The summed E-state index contributed by atoms with van der Waals surface area (Å²) in [5.41, 5.74) is 9.30. The zero-order valence-corrected chi connectivity index (χ0v) is 10.9. The van der Waals surface area contributed by atoms with Crippen molar-refractivity contribution in [3.8, 4) is 0 Å². The second-order valence-corrected chi connectivity index (χ2v) is 3.05. The van der Waals surface area contributed by atoms with Gasteiger partial charge in [-0.1, -0.05) is 11.4 Å². The van der Waals surface area contributed by atoms with Crippen molar-refractivity contribution in [3.63, 3.8) is 0 Å². The molecule has 96 valence electrons. The first-order valence-electron chi connectivity index (χ1n) is 4.99. The Morgan fingerprint density at radius 1 is 1.25 bits per heavy atom. The number of hydrogen-bond donors (Lipinski definition) is 4. The van der Waals surface area contributed by atoms with Crippen molar-refractivity contribution in [1.82, 2.24) is 21.6 Å². The van der Waals surface area contributed by atoms with Gasteiger partial charge in [0.15, 0.2) is 0 Å². The van der Waals surface area contributed by atoms with Gasteiger partial charge in [-0.05, 0) is 6.08 Å². The first-order chi connectivity index (χ1) is 7.14. The van der Waals surface area contributed by atoms with Gasteiger partial charge >= 0.3 is 0 Å². The fourth-order valence-electron chi connectivity index (χ4n) is 1.27. The first-order valence-corrected chi connectivity index (χ1v) is 4.99. The van der Waals surface area contributed by atoms with Crippen LogP contribution in [0.4, 0.5) is 0 Å². The third kappa shape index (κ3) is 6.04. The third-order valence-electron chi connectivity index (χ3n) is 2.30. The van der Waals surface area contributed by atoms with Gasteiger partial charge in [-0.15, -0.1) is 16.3 Å². The Bertz CT molecular complexity index is 200. The molecule has 0 unspecified atom stereocenters. The number of carbonyl (C=O) groups excluding carboxylic acids is 1. The fraction of sp³-hybridized carbons (Fsp3) is 0.667. The van der Waals surface area contributed by atoms with Gasteiger partial charge in [0.2, 0.25) is 5.91 Å². The quantitative estimate of drug-likeness (QED) is 0.153. The van der Waals surface area contributed by atoms with Crippen LogP contribution in [0, 0.1) is 0 Å². The summed E-state index contributed by atoms with van der Waals surface area (Å²) in [7, 11) is 5.57. The molecule has 0 saturated heterocycles. The molecule has 0 bridgehead atoms. The molecule has 1 amide bonds. The summed E-state index contributed by atoms with van der Waals surface area (Å²) in [5, 5.41) is 2.73. The van der Waals surface area contributed by atoms with Crippen LogP contribution < -0.4 is 34.0 Å². The molecule has 16 heavy (non-hydrogen) atoms. The van der Waals surface area contributed by atoms with Gasteiger partial charge in [-0.3, -0.25) is 4.79 Å². The predicted molar refractivity (Wildman–Crippen MR) is 60.1 cm³/mol. The van der Waals surface area contributed by atoms with Gasteiger partial charge < -0.3 is 17.7 Å². The van der Waals surface area contributed by atoms with Crippen molar-refractivity contribution in [3.05, 3.63) is 12.7 Å². The zero-order chi connectivity index (χ0) is 11.7. The number of hydrogen-bond acceptors (Lipinski definition) is 4. The summed E-state index contributed by atoms with van der Waals surface area (Å²) in [4.78, 5) is 11.3. The number of rotatable bonds is 8. The molecule has 0 heterocycles. The molecule has 0 atom stereocenters. The zero-order valence-electron chi connectivity index (χ0n) is 10.1. The van der Waals surface area contributed by atoms with Crippen molar-refractivity contribution in [2.24, 2.45) is 0 Å². The number of quaternary nitrogens is 1. The Hall–Kier alpha value is -0.660. The average molecular weight is 252 g/mol. The van der Waals surface area contributed by atoms with Crippen LogP contribution in [0.2, 0.25) is 0 Å². The van der Waals surface area contributed by atoms with Crippen LogP contribution >= 0.6 is 0 Å². The Labute approximate surface area is 103 Å². The van der Waals surface area contributed by atoms with E-state index in [1.165, 1.54) is 6.08 Å². The molecule has 0 aliphatic carbocycles. The Morgan fingerprint density at radius 2 is 1.75 bits per heavy atom. The normalized spacial score (nSPS) is 10.4. The highest BCUT2D eigenvalue weighted by Gasteiger charge is 2.21. The van der Waals surface area contributed by atoms with E-state index in [0.717, 1.165) is 13.0 Å². The highest BCUT2D eigenvalue weighted by Crippen LogP contribution is 1.91. The number of halogens is 1. The SMILES string of the molecule is C=CC(=O)NCCC[N+](NC)(NC)NC.[Cl-]. The molecule has 0 spiro atoms. The van der Waals surface area contributed by atoms with E-state index in [1.54, 1.807) is 0 Å². The summed E-state index contributed by atoms with van der Waals surface area (Å²) in [5.74, 6) is -0.133. The molecule has 0 aliphatic rings. The molecule has 0 aromatic heterocycles. The summed E-state index contributed by atoms with van der Waals surface area (Å²) in [6, 6.07) is 0. The number of amides is 1. The number of nitrogens with zero attached hydrogens (tertiary/aromatic N) is 1. The predicted octanol–water partition coefficient (Wildman–Crippen LogP) is -4.10. The Morgan fingerprint density at radius 3 is 2.12 bits per heavy atom. The lowest BCUT2D eigenvalue weighted by Gasteiger charge is -2.32. The molecular weight excluding hydrogens is 230 g/mol. The molecule has 0 radical (unpaired) electrons. The van der Waals surface area contributed by atoms with Crippen LogP contribution in [-0.4, -0.2) is 44.9 Å². The molecule has 7 heteroatoms. The molecule has 0 aliphatic heterocycles. The minimum absolute atomic E-state index is 0.